The highest BCUT2D eigenvalue weighted by molar-refractivity contribution is 5.53. The molecule has 8 heteroatoms. The number of rotatable bonds is 6. The second-order valence-electron chi connectivity index (χ2n) is 6.25. The molecule has 142 valence electrons. The molecular formula is C20H19N5O3. The molecule has 4 aromatic rings. The molecule has 2 heterocycles. The molecule has 1 atom stereocenters. The van der Waals surface area contributed by atoms with Gasteiger partial charge in [0.25, 0.3) is 0 Å². The minimum absolute atomic E-state index is 0.157. The average molecular weight is 377 g/mol. The first kappa shape index (κ1) is 17.7. The number of phenols is 1. The van der Waals surface area contributed by atoms with E-state index in [1.807, 2.05) is 35.0 Å². The van der Waals surface area contributed by atoms with Crippen molar-refractivity contribution < 1.29 is 14.9 Å². The molecule has 0 fully saturated rings. The minimum Gasteiger partial charge on any atom is -0.508 e. The molecule has 0 amide bonds. The Kier molecular flexibility index (Phi) is 4.77. The van der Waals surface area contributed by atoms with Gasteiger partial charge >= 0.3 is 0 Å². The molecule has 0 saturated heterocycles. The van der Waals surface area contributed by atoms with E-state index in [1.165, 1.54) is 12.1 Å². The van der Waals surface area contributed by atoms with E-state index in [1.54, 1.807) is 36.3 Å². The third-order valence-electron chi connectivity index (χ3n) is 4.40. The summed E-state index contributed by atoms with van der Waals surface area (Å²) in [4.78, 5) is 4.39. The van der Waals surface area contributed by atoms with Gasteiger partial charge in [0.05, 0.1) is 26.0 Å². The van der Waals surface area contributed by atoms with Gasteiger partial charge in [-0.1, -0.05) is 17.3 Å². The quantitative estimate of drug-likeness (QED) is 0.536. The Morgan fingerprint density at radius 2 is 1.82 bits per heavy atom. The fourth-order valence-corrected chi connectivity index (χ4v) is 2.91. The lowest BCUT2D eigenvalue weighted by Crippen LogP contribution is -2.09. The van der Waals surface area contributed by atoms with Crippen LogP contribution in [-0.2, 0) is 6.54 Å². The molecule has 0 aliphatic heterocycles. The van der Waals surface area contributed by atoms with Gasteiger partial charge in [0.15, 0.2) is 5.82 Å². The van der Waals surface area contributed by atoms with Crippen LogP contribution < -0.4 is 4.74 Å². The summed E-state index contributed by atoms with van der Waals surface area (Å²) in [6, 6.07) is 14.1. The van der Waals surface area contributed by atoms with Crippen molar-refractivity contribution in [3.05, 3.63) is 72.7 Å². The van der Waals surface area contributed by atoms with E-state index >= 15 is 0 Å². The van der Waals surface area contributed by atoms with Crippen molar-refractivity contribution >= 4 is 0 Å². The SMILES string of the molecule is COc1ccc(-n2ccnc2-c2cn(CC(O)c3ccc(O)cc3)nn2)cc1. The zero-order chi connectivity index (χ0) is 19.5. The number of phenolic OH excluding ortho intramolecular Hbond substituents is 1. The van der Waals surface area contributed by atoms with Gasteiger partial charge in [0.1, 0.15) is 17.2 Å². The number of aromatic nitrogens is 5. The number of hydrogen-bond donors (Lipinski definition) is 2. The van der Waals surface area contributed by atoms with Crippen LogP contribution >= 0.6 is 0 Å². The Morgan fingerprint density at radius 3 is 2.54 bits per heavy atom. The highest BCUT2D eigenvalue weighted by atomic mass is 16.5. The van der Waals surface area contributed by atoms with Gasteiger partial charge < -0.3 is 14.9 Å². The fraction of sp³-hybridized carbons (Fsp3) is 0.150. The van der Waals surface area contributed by atoms with E-state index in [0.717, 1.165) is 11.4 Å². The molecule has 0 aliphatic carbocycles. The Bertz CT molecular complexity index is 1050. The third-order valence-corrected chi connectivity index (χ3v) is 4.40. The monoisotopic (exact) mass is 377 g/mol. The summed E-state index contributed by atoms with van der Waals surface area (Å²) in [5, 5.41) is 28.0. The largest absolute Gasteiger partial charge is 0.508 e. The van der Waals surface area contributed by atoms with E-state index in [2.05, 4.69) is 15.3 Å². The topological polar surface area (TPSA) is 98.2 Å². The van der Waals surface area contributed by atoms with Crippen LogP contribution in [0.4, 0.5) is 0 Å². The van der Waals surface area contributed by atoms with E-state index in [4.69, 9.17) is 4.74 Å². The number of aliphatic hydroxyl groups excluding tert-OH is 1. The smallest absolute Gasteiger partial charge is 0.166 e. The van der Waals surface area contributed by atoms with Crippen molar-refractivity contribution in [2.45, 2.75) is 12.6 Å². The van der Waals surface area contributed by atoms with Gasteiger partial charge in [-0.25, -0.2) is 9.67 Å². The maximum atomic E-state index is 10.4. The van der Waals surface area contributed by atoms with Gasteiger partial charge in [-0.05, 0) is 42.0 Å². The lowest BCUT2D eigenvalue weighted by Gasteiger charge is -2.10. The first-order chi connectivity index (χ1) is 13.6. The fourth-order valence-electron chi connectivity index (χ4n) is 2.91. The minimum atomic E-state index is -0.767. The number of aliphatic hydroxyl groups is 1. The number of hydrogen-bond acceptors (Lipinski definition) is 6. The summed E-state index contributed by atoms with van der Waals surface area (Å²) in [6.45, 7) is 0.237. The molecule has 0 bridgehead atoms. The van der Waals surface area contributed by atoms with Crippen molar-refractivity contribution in [1.82, 2.24) is 24.5 Å². The van der Waals surface area contributed by atoms with E-state index in [0.29, 0.717) is 17.1 Å². The number of ether oxygens (including phenoxy) is 1. The predicted octanol–water partition coefficient (Wildman–Crippen LogP) is 2.58. The van der Waals surface area contributed by atoms with Crippen molar-refractivity contribution in [2.75, 3.05) is 7.11 Å². The molecule has 2 N–H and O–H groups in total. The molecule has 0 radical (unpaired) electrons. The Balaban J connectivity index is 1.55. The first-order valence-electron chi connectivity index (χ1n) is 8.69. The van der Waals surface area contributed by atoms with Gasteiger partial charge in [0, 0.05) is 18.1 Å². The molecular weight excluding hydrogens is 358 g/mol. The van der Waals surface area contributed by atoms with Crippen LogP contribution in [0.2, 0.25) is 0 Å². The maximum absolute atomic E-state index is 10.4. The Hall–Kier alpha value is -3.65. The summed E-state index contributed by atoms with van der Waals surface area (Å²) in [5.41, 5.74) is 2.21. The number of aromatic hydroxyl groups is 1. The number of nitrogens with zero attached hydrogens (tertiary/aromatic N) is 5. The zero-order valence-corrected chi connectivity index (χ0v) is 15.2. The Labute approximate surface area is 161 Å². The highest BCUT2D eigenvalue weighted by Gasteiger charge is 2.14. The standard InChI is InChI=1S/C20H19N5O3/c1-28-17-8-4-15(5-9-17)25-11-10-21-20(25)18-12-24(23-22-18)13-19(27)14-2-6-16(26)7-3-14/h2-12,19,26-27H,13H2,1H3. The highest BCUT2D eigenvalue weighted by Crippen LogP contribution is 2.22. The molecule has 2 aromatic heterocycles. The van der Waals surface area contributed by atoms with Crippen LogP contribution in [0.25, 0.3) is 17.2 Å². The Morgan fingerprint density at radius 1 is 1.07 bits per heavy atom. The predicted molar refractivity (Wildman–Crippen MR) is 102 cm³/mol. The summed E-state index contributed by atoms with van der Waals surface area (Å²) in [5.74, 6) is 1.58. The van der Waals surface area contributed by atoms with Crippen molar-refractivity contribution in [1.29, 1.82) is 0 Å². The molecule has 1 unspecified atom stereocenters. The maximum Gasteiger partial charge on any atom is 0.166 e. The molecule has 28 heavy (non-hydrogen) atoms. The second-order valence-corrected chi connectivity index (χ2v) is 6.25. The lowest BCUT2D eigenvalue weighted by molar-refractivity contribution is 0.150. The lowest BCUT2D eigenvalue weighted by atomic mass is 10.1. The first-order valence-corrected chi connectivity index (χ1v) is 8.69. The third kappa shape index (κ3) is 3.58. The molecule has 0 saturated carbocycles. The number of benzene rings is 2. The molecule has 8 nitrogen and oxygen atoms in total. The normalized spacial score (nSPS) is 12.1. The van der Waals surface area contributed by atoms with Crippen LogP contribution in [0.15, 0.2) is 67.1 Å². The van der Waals surface area contributed by atoms with Crippen LogP contribution in [0.5, 0.6) is 11.5 Å². The molecule has 0 aliphatic rings. The number of imidazole rings is 1. The van der Waals surface area contributed by atoms with Crippen LogP contribution in [-0.4, -0.2) is 41.9 Å². The van der Waals surface area contributed by atoms with Crippen LogP contribution in [0.3, 0.4) is 0 Å². The van der Waals surface area contributed by atoms with Gasteiger partial charge in [-0.2, -0.15) is 0 Å². The van der Waals surface area contributed by atoms with Crippen LogP contribution in [0.1, 0.15) is 11.7 Å². The van der Waals surface area contributed by atoms with Crippen LogP contribution in [0, 0.1) is 0 Å². The van der Waals surface area contributed by atoms with Crippen molar-refractivity contribution in [3.8, 4) is 28.7 Å². The molecule has 2 aromatic carbocycles. The van der Waals surface area contributed by atoms with Gasteiger partial charge in [0.2, 0.25) is 0 Å². The second kappa shape index (κ2) is 7.53. The van der Waals surface area contributed by atoms with Gasteiger partial charge in [-0.3, -0.25) is 4.57 Å². The van der Waals surface area contributed by atoms with E-state index in [9.17, 15) is 10.2 Å². The van der Waals surface area contributed by atoms with Crippen molar-refractivity contribution in [3.63, 3.8) is 0 Å². The van der Waals surface area contributed by atoms with E-state index < -0.39 is 6.10 Å². The molecule has 4 rings (SSSR count). The number of methoxy groups -OCH3 is 1. The summed E-state index contributed by atoms with van der Waals surface area (Å²) >= 11 is 0. The van der Waals surface area contributed by atoms with Gasteiger partial charge in [-0.15, -0.1) is 5.10 Å². The summed E-state index contributed by atoms with van der Waals surface area (Å²) in [6.07, 6.45) is 4.52. The average Bonchev–Trinajstić information content (AvgIpc) is 3.38. The summed E-state index contributed by atoms with van der Waals surface area (Å²) < 4.78 is 8.67. The zero-order valence-electron chi connectivity index (χ0n) is 15.2. The van der Waals surface area contributed by atoms with Crippen molar-refractivity contribution in [2.24, 2.45) is 0 Å². The molecule has 0 spiro atoms. The summed E-state index contributed by atoms with van der Waals surface area (Å²) in [7, 11) is 1.63. The van der Waals surface area contributed by atoms with E-state index in [-0.39, 0.29) is 12.3 Å².